The van der Waals surface area contributed by atoms with Gasteiger partial charge in [0.1, 0.15) is 11.2 Å². The van der Waals surface area contributed by atoms with Crippen LogP contribution in [0.1, 0.15) is 5.56 Å². The third-order valence-electron chi connectivity index (χ3n) is 9.87. The number of halogens is 3. The number of hydrogen-bond acceptors (Lipinski definition) is 4. The van der Waals surface area contributed by atoms with Gasteiger partial charge in [-0.2, -0.15) is 13.2 Å². The van der Waals surface area contributed by atoms with Crippen LogP contribution in [0.4, 0.5) is 13.2 Å². The highest BCUT2D eigenvalue weighted by atomic mass is 19.4. The Morgan fingerprint density at radius 2 is 1.04 bits per heavy atom. The number of hydrogen-bond donors (Lipinski definition) is 0. The third-order valence-corrected chi connectivity index (χ3v) is 9.87. The lowest BCUT2D eigenvalue weighted by Gasteiger charge is -2.17. The lowest BCUT2D eigenvalue weighted by Crippen LogP contribution is -2.05. The zero-order valence-corrected chi connectivity index (χ0v) is 28.4. The van der Waals surface area contributed by atoms with Gasteiger partial charge in [-0.05, 0) is 60.2 Å². The van der Waals surface area contributed by atoms with Crippen LogP contribution in [0.25, 0.3) is 94.7 Å². The predicted octanol–water partition coefficient (Wildman–Crippen LogP) is 12.6. The number of rotatable bonds is 5. The summed E-state index contributed by atoms with van der Waals surface area (Å²) in [5.41, 5.74) is 6.58. The molecule has 0 N–H and O–H groups in total. The second-order valence-corrected chi connectivity index (χ2v) is 13.2. The number of benzene rings is 7. The lowest BCUT2D eigenvalue weighted by atomic mass is 9.98. The number of furan rings is 1. The quantitative estimate of drug-likeness (QED) is 0.179. The van der Waals surface area contributed by atoms with E-state index in [1.54, 1.807) is 6.07 Å². The Balaban J connectivity index is 1.26. The molecule has 0 amide bonds. The fraction of sp³-hybridized carbons (Fsp3) is 0.0217. The molecule has 0 unspecified atom stereocenters. The second kappa shape index (κ2) is 12.3. The van der Waals surface area contributed by atoms with Gasteiger partial charge in [0.15, 0.2) is 17.5 Å². The van der Waals surface area contributed by atoms with Gasteiger partial charge in [-0.15, -0.1) is 0 Å². The van der Waals surface area contributed by atoms with Crippen molar-refractivity contribution in [3.8, 4) is 51.0 Å². The number of nitrogens with zero attached hydrogens (tertiary/aromatic N) is 4. The molecule has 0 aliphatic carbocycles. The number of aromatic nitrogens is 4. The van der Waals surface area contributed by atoms with Crippen LogP contribution >= 0.6 is 0 Å². The van der Waals surface area contributed by atoms with Crippen LogP contribution in [0, 0.1) is 0 Å². The van der Waals surface area contributed by atoms with Gasteiger partial charge in [0.25, 0.3) is 0 Å². The average molecular weight is 709 g/mol. The van der Waals surface area contributed by atoms with Crippen molar-refractivity contribution in [1.29, 1.82) is 0 Å². The van der Waals surface area contributed by atoms with Gasteiger partial charge in [0, 0.05) is 43.8 Å². The molecule has 258 valence electrons. The summed E-state index contributed by atoms with van der Waals surface area (Å²) in [5, 5.41) is 3.89. The highest BCUT2D eigenvalue weighted by molar-refractivity contribution is 6.17. The monoisotopic (exact) mass is 708 g/mol. The molecule has 8 heteroatoms. The molecule has 0 saturated carbocycles. The summed E-state index contributed by atoms with van der Waals surface area (Å²) < 4.78 is 51.1. The lowest BCUT2D eigenvalue weighted by molar-refractivity contribution is -0.137. The zero-order chi connectivity index (χ0) is 36.4. The normalized spacial score (nSPS) is 12.0. The molecule has 3 aromatic heterocycles. The van der Waals surface area contributed by atoms with E-state index in [0.717, 1.165) is 60.9 Å². The molecule has 10 rings (SSSR count). The van der Waals surface area contributed by atoms with E-state index < -0.39 is 11.7 Å². The molecule has 0 radical (unpaired) electrons. The van der Waals surface area contributed by atoms with Gasteiger partial charge in [0.05, 0.1) is 22.3 Å². The van der Waals surface area contributed by atoms with E-state index in [2.05, 4.69) is 22.8 Å². The van der Waals surface area contributed by atoms with Crippen LogP contribution in [-0.2, 0) is 6.18 Å². The van der Waals surface area contributed by atoms with Gasteiger partial charge in [-0.25, -0.2) is 15.0 Å². The SMILES string of the molecule is FC(F)(F)c1cccc(-c2cc(-c3nc(-c4ccccc4)nc(-c4ccccc4)n3)ccc2-n2c3ccccc3c3cc4oc5ccccc5c4cc32)c1. The van der Waals surface area contributed by atoms with Gasteiger partial charge < -0.3 is 8.98 Å². The van der Waals surface area contributed by atoms with E-state index in [1.165, 1.54) is 12.1 Å². The van der Waals surface area contributed by atoms with Crippen molar-refractivity contribution in [1.82, 2.24) is 19.5 Å². The van der Waals surface area contributed by atoms with E-state index in [0.29, 0.717) is 39.9 Å². The minimum absolute atomic E-state index is 0.399. The van der Waals surface area contributed by atoms with Crippen LogP contribution in [0.3, 0.4) is 0 Å². The topological polar surface area (TPSA) is 56.7 Å². The van der Waals surface area contributed by atoms with Gasteiger partial charge >= 0.3 is 6.18 Å². The van der Waals surface area contributed by atoms with Crippen LogP contribution in [0.15, 0.2) is 168 Å². The Bertz CT molecular complexity index is 2980. The number of fused-ring (bicyclic) bond motifs is 6. The third kappa shape index (κ3) is 5.30. The van der Waals surface area contributed by atoms with Crippen LogP contribution in [0.2, 0.25) is 0 Å². The molecule has 0 aliphatic heterocycles. The molecule has 0 aliphatic rings. The van der Waals surface area contributed by atoms with Crippen LogP contribution in [-0.4, -0.2) is 19.5 Å². The first kappa shape index (κ1) is 31.7. The summed E-state index contributed by atoms with van der Waals surface area (Å²) in [6.45, 7) is 0. The number of para-hydroxylation sites is 2. The highest BCUT2D eigenvalue weighted by Crippen LogP contribution is 2.42. The molecular weight excluding hydrogens is 682 g/mol. The van der Waals surface area contributed by atoms with Crippen molar-refractivity contribution in [2.45, 2.75) is 6.18 Å². The van der Waals surface area contributed by atoms with E-state index in [4.69, 9.17) is 19.4 Å². The van der Waals surface area contributed by atoms with Gasteiger partial charge in [-0.1, -0.05) is 109 Å². The van der Waals surface area contributed by atoms with Crippen molar-refractivity contribution in [2.24, 2.45) is 0 Å². The van der Waals surface area contributed by atoms with E-state index in [9.17, 15) is 13.2 Å². The maximum absolute atomic E-state index is 14.2. The van der Waals surface area contributed by atoms with Crippen LogP contribution < -0.4 is 0 Å². The molecule has 54 heavy (non-hydrogen) atoms. The summed E-state index contributed by atoms with van der Waals surface area (Å²) in [7, 11) is 0. The first-order valence-electron chi connectivity index (χ1n) is 17.4. The maximum Gasteiger partial charge on any atom is 0.416 e. The first-order valence-corrected chi connectivity index (χ1v) is 17.4. The summed E-state index contributed by atoms with van der Waals surface area (Å²) in [5.74, 6) is 1.38. The summed E-state index contributed by atoms with van der Waals surface area (Å²) >= 11 is 0. The van der Waals surface area contributed by atoms with E-state index in [-0.39, 0.29) is 0 Å². The van der Waals surface area contributed by atoms with E-state index in [1.807, 2.05) is 121 Å². The highest BCUT2D eigenvalue weighted by Gasteiger charge is 2.31. The molecular formula is C46H27F3N4O. The van der Waals surface area contributed by atoms with Crippen molar-refractivity contribution in [3.05, 3.63) is 169 Å². The number of alkyl halides is 3. The summed E-state index contributed by atoms with van der Waals surface area (Å²) in [6, 6.07) is 50.7. The second-order valence-electron chi connectivity index (χ2n) is 13.2. The smallest absolute Gasteiger partial charge is 0.416 e. The molecule has 3 heterocycles. The summed E-state index contributed by atoms with van der Waals surface area (Å²) in [6.07, 6.45) is -4.53. The van der Waals surface area contributed by atoms with Gasteiger partial charge in [-0.3, -0.25) is 0 Å². The molecule has 0 bridgehead atoms. The predicted molar refractivity (Wildman–Crippen MR) is 208 cm³/mol. The molecule has 10 aromatic rings. The molecule has 7 aromatic carbocycles. The largest absolute Gasteiger partial charge is 0.456 e. The standard InChI is InChI=1S/C46H27F3N4O/c47-46(48,49)32-17-11-16-30(24-32)35-25-31(45-51-43(28-12-3-1-4-13-28)50-44(52-45)29-14-5-2-6-15-29)22-23-39(35)53-38-20-9-7-18-33(38)36-27-42-37(26-40(36)53)34-19-8-10-21-41(34)54-42/h1-27H. The van der Waals surface area contributed by atoms with Crippen molar-refractivity contribution >= 4 is 43.7 Å². The molecule has 5 nitrogen and oxygen atoms in total. The first-order chi connectivity index (χ1) is 26.4. The van der Waals surface area contributed by atoms with Crippen molar-refractivity contribution < 1.29 is 17.6 Å². The van der Waals surface area contributed by atoms with Crippen molar-refractivity contribution in [2.75, 3.05) is 0 Å². The summed E-state index contributed by atoms with van der Waals surface area (Å²) in [4.78, 5) is 14.7. The Morgan fingerprint density at radius 3 is 1.74 bits per heavy atom. The Kier molecular flexibility index (Phi) is 7.20. The van der Waals surface area contributed by atoms with Crippen LogP contribution in [0.5, 0.6) is 0 Å². The zero-order valence-electron chi connectivity index (χ0n) is 28.4. The van der Waals surface area contributed by atoms with Gasteiger partial charge in [0.2, 0.25) is 0 Å². The van der Waals surface area contributed by atoms with Crippen molar-refractivity contribution in [3.63, 3.8) is 0 Å². The molecule has 0 atom stereocenters. The molecule has 0 fully saturated rings. The minimum Gasteiger partial charge on any atom is -0.456 e. The maximum atomic E-state index is 14.2. The van der Waals surface area contributed by atoms with E-state index >= 15 is 0 Å². The Hall–Kier alpha value is -7.06. The average Bonchev–Trinajstić information content (AvgIpc) is 3.74. The minimum atomic E-state index is -4.53. The molecule has 0 saturated heterocycles. The molecule has 0 spiro atoms. The Labute approximate surface area is 306 Å². The Morgan fingerprint density at radius 1 is 0.426 bits per heavy atom. The fourth-order valence-corrected chi connectivity index (χ4v) is 7.35. The fourth-order valence-electron chi connectivity index (χ4n) is 7.35.